The molecule has 2 heterocycles. The molecule has 110 valence electrons. The molecule has 0 amide bonds. The van der Waals surface area contributed by atoms with Crippen molar-refractivity contribution in [2.75, 3.05) is 0 Å². The Morgan fingerprint density at radius 3 is 2.76 bits per heavy atom. The van der Waals surface area contributed by atoms with Crippen LogP contribution in [0.3, 0.4) is 0 Å². The van der Waals surface area contributed by atoms with Crippen molar-refractivity contribution in [1.82, 2.24) is 4.98 Å². The Balaban J connectivity index is 1.98. The van der Waals surface area contributed by atoms with Gasteiger partial charge in [0, 0.05) is 15.2 Å². The molecule has 0 aliphatic heterocycles. The van der Waals surface area contributed by atoms with Crippen LogP contribution in [0, 0.1) is 5.41 Å². The number of furan rings is 1. The van der Waals surface area contributed by atoms with E-state index in [-0.39, 0.29) is 11.5 Å². The van der Waals surface area contributed by atoms with Crippen molar-refractivity contribution < 1.29 is 4.42 Å². The summed E-state index contributed by atoms with van der Waals surface area (Å²) in [5, 5.41) is 4.02. The molecule has 1 unspecified atom stereocenters. The van der Waals surface area contributed by atoms with Gasteiger partial charge >= 0.3 is 0 Å². The zero-order chi connectivity index (χ0) is 15.2. The van der Waals surface area contributed by atoms with Gasteiger partial charge in [-0.1, -0.05) is 36.7 Å². The molecule has 0 saturated carbocycles. The lowest BCUT2D eigenvalue weighted by Gasteiger charge is -2.24. The molecular weight excluding hydrogens is 348 g/mol. The number of hydrogen-bond acceptors (Lipinski definition) is 4. The van der Waals surface area contributed by atoms with Crippen LogP contribution in [0.15, 0.2) is 38.5 Å². The van der Waals surface area contributed by atoms with E-state index in [1.165, 1.54) is 0 Å². The first-order chi connectivity index (χ1) is 9.84. The normalized spacial score (nSPS) is 13.8. The summed E-state index contributed by atoms with van der Waals surface area (Å²) in [5.41, 5.74) is 7.98. The van der Waals surface area contributed by atoms with Crippen molar-refractivity contribution in [1.29, 1.82) is 0 Å². The molecule has 0 aliphatic carbocycles. The van der Waals surface area contributed by atoms with Gasteiger partial charge in [0.15, 0.2) is 5.76 Å². The van der Waals surface area contributed by atoms with Crippen LogP contribution in [0.1, 0.15) is 31.8 Å². The first kappa shape index (κ1) is 14.8. The zero-order valence-electron chi connectivity index (χ0n) is 12.2. The minimum Gasteiger partial charge on any atom is -0.454 e. The Morgan fingerprint density at radius 2 is 2.05 bits per heavy atom. The van der Waals surface area contributed by atoms with Crippen LogP contribution >= 0.6 is 27.3 Å². The quantitative estimate of drug-likeness (QED) is 0.665. The predicted molar refractivity (Wildman–Crippen MR) is 91.4 cm³/mol. The maximum atomic E-state index is 6.27. The van der Waals surface area contributed by atoms with E-state index in [0.717, 1.165) is 31.9 Å². The van der Waals surface area contributed by atoms with E-state index in [4.69, 9.17) is 10.2 Å². The second kappa shape index (κ2) is 5.23. The van der Waals surface area contributed by atoms with Gasteiger partial charge in [0.2, 0.25) is 0 Å². The minimum atomic E-state index is -0.0743. The van der Waals surface area contributed by atoms with E-state index < -0.39 is 0 Å². The van der Waals surface area contributed by atoms with Gasteiger partial charge in [-0.25, -0.2) is 4.98 Å². The third-order valence-corrected chi connectivity index (χ3v) is 4.87. The molecule has 5 heteroatoms. The fourth-order valence-electron chi connectivity index (χ4n) is 2.05. The summed E-state index contributed by atoms with van der Waals surface area (Å²) in [5.74, 6) is 0.784. The average molecular weight is 365 g/mol. The van der Waals surface area contributed by atoms with Gasteiger partial charge < -0.3 is 10.2 Å². The lowest BCUT2D eigenvalue weighted by atomic mass is 9.88. The summed E-state index contributed by atoms with van der Waals surface area (Å²) < 4.78 is 6.91. The fraction of sp³-hybridized carbons (Fsp3) is 0.312. The monoisotopic (exact) mass is 364 g/mol. The van der Waals surface area contributed by atoms with Gasteiger partial charge in [0.1, 0.15) is 16.3 Å². The molecule has 1 aromatic carbocycles. The Morgan fingerprint density at radius 1 is 1.29 bits per heavy atom. The molecule has 0 bridgehead atoms. The van der Waals surface area contributed by atoms with Crippen molar-refractivity contribution in [3.63, 3.8) is 0 Å². The number of hydrogen-bond donors (Lipinski definition) is 1. The molecule has 1 atom stereocenters. The molecule has 0 spiro atoms. The van der Waals surface area contributed by atoms with E-state index in [0.29, 0.717) is 0 Å². The summed E-state index contributed by atoms with van der Waals surface area (Å²) in [6.45, 7) is 6.37. The fourth-order valence-corrected chi connectivity index (χ4v) is 3.49. The number of rotatable bonds is 2. The maximum Gasteiger partial charge on any atom is 0.154 e. The second-order valence-corrected chi connectivity index (χ2v) is 8.01. The Bertz CT molecular complexity index is 785. The van der Waals surface area contributed by atoms with Gasteiger partial charge in [-0.2, -0.15) is 0 Å². The van der Waals surface area contributed by atoms with E-state index in [2.05, 4.69) is 41.7 Å². The lowest BCUT2D eigenvalue weighted by Crippen LogP contribution is -2.26. The maximum absolute atomic E-state index is 6.27. The number of benzene rings is 1. The lowest BCUT2D eigenvalue weighted by molar-refractivity contribution is 0.326. The number of halogens is 1. The molecule has 0 fully saturated rings. The summed E-state index contributed by atoms with van der Waals surface area (Å²) in [7, 11) is 0. The Hall–Kier alpha value is -1.17. The molecule has 0 aliphatic rings. The topological polar surface area (TPSA) is 52.0 Å². The zero-order valence-corrected chi connectivity index (χ0v) is 14.6. The molecule has 3 nitrogen and oxygen atoms in total. The van der Waals surface area contributed by atoms with E-state index in [1.807, 2.05) is 29.6 Å². The van der Waals surface area contributed by atoms with E-state index in [9.17, 15) is 0 Å². The molecular formula is C16H17BrN2OS. The highest BCUT2D eigenvalue weighted by Crippen LogP contribution is 2.35. The summed E-state index contributed by atoms with van der Waals surface area (Å²) in [6, 6.07) is 7.90. The summed E-state index contributed by atoms with van der Waals surface area (Å²) in [6.07, 6.45) is 0. The van der Waals surface area contributed by atoms with Crippen LogP contribution < -0.4 is 5.73 Å². The minimum absolute atomic E-state index is 0.00609. The van der Waals surface area contributed by atoms with Crippen molar-refractivity contribution >= 4 is 38.2 Å². The molecule has 2 N–H and O–H groups in total. The van der Waals surface area contributed by atoms with Gasteiger partial charge in [-0.3, -0.25) is 0 Å². The van der Waals surface area contributed by atoms with Crippen LogP contribution in [-0.4, -0.2) is 4.98 Å². The second-order valence-electron chi connectivity index (χ2n) is 6.21. The molecule has 2 aromatic heterocycles. The van der Waals surface area contributed by atoms with Crippen LogP contribution in [-0.2, 0) is 0 Å². The summed E-state index contributed by atoms with van der Waals surface area (Å²) in [4.78, 5) is 4.65. The van der Waals surface area contributed by atoms with Crippen LogP contribution in [0.2, 0.25) is 0 Å². The largest absolute Gasteiger partial charge is 0.454 e. The van der Waals surface area contributed by atoms with Crippen molar-refractivity contribution in [3.8, 4) is 11.5 Å². The number of thiazole rings is 1. The number of nitrogens with zero attached hydrogens (tertiary/aromatic N) is 1. The smallest absolute Gasteiger partial charge is 0.154 e. The van der Waals surface area contributed by atoms with E-state index >= 15 is 0 Å². The third kappa shape index (κ3) is 2.91. The van der Waals surface area contributed by atoms with Gasteiger partial charge in [-0.05, 0) is 29.7 Å². The van der Waals surface area contributed by atoms with Crippen molar-refractivity contribution in [3.05, 3.63) is 39.1 Å². The molecule has 0 saturated heterocycles. The Labute approximate surface area is 136 Å². The number of aromatic nitrogens is 1. The van der Waals surface area contributed by atoms with Crippen molar-refractivity contribution in [2.45, 2.75) is 26.8 Å². The Kier molecular flexibility index (Phi) is 3.67. The van der Waals surface area contributed by atoms with E-state index in [1.54, 1.807) is 11.3 Å². The van der Waals surface area contributed by atoms with Crippen molar-refractivity contribution in [2.24, 2.45) is 11.1 Å². The number of nitrogens with two attached hydrogens (primary N) is 1. The standard InChI is InChI=1S/C16H17BrN2OS/c1-16(2,3)14(18)15-19-11(8-21-15)13-7-9-6-10(17)4-5-12(9)20-13/h4-8,14H,18H2,1-3H3. The highest BCUT2D eigenvalue weighted by Gasteiger charge is 2.25. The number of fused-ring (bicyclic) bond motifs is 1. The van der Waals surface area contributed by atoms with Gasteiger partial charge in [0.05, 0.1) is 6.04 Å². The van der Waals surface area contributed by atoms with Crippen LogP contribution in [0.5, 0.6) is 0 Å². The molecule has 0 radical (unpaired) electrons. The summed E-state index contributed by atoms with van der Waals surface area (Å²) >= 11 is 5.06. The average Bonchev–Trinajstić information content (AvgIpc) is 3.01. The first-order valence-electron chi connectivity index (χ1n) is 6.75. The van der Waals surface area contributed by atoms with Gasteiger partial charge in [-0.15, -0.1) is 11.3 Å². The highest BCUT2D eigenvalue weighted by atomic mass is 79.9. The van der Waals surface area contributed by atoms with Crippen LogP contribution in [0.25, 0.3) is 22.4 Å². The first-order valence-corrected chi connectivity index (χ1v) is 8.42. The molecule has 21 heavy (non-hydrogen) atoms. The SMILES string of the molecule is CC(C)(C)C(N)c1nc(-c2cc3cc(Br)ccc3o2)cs1. The molecule has 3 aromatic rings. The molecule has 3 rings (SSSR count). The van der Waals surface area contributed by atoms with Gasteiger partial charge in [0.25, 0.3) is 0 Å². The highest BCUT2D eigenvalue weighted by molar-refractivity contribution is 9.10. The van der Waals surface area contributed by atoms with Crippen LogP contribution in [0.4, 0.5) is 0 Å². The third-order valence-electron chi connectivity index (χ3n) is 3.45. The predicted octanol–water partition coefficient (Wildman–Crippen LogP) is 5.36.